The Morgan fingerprint density at radius 3 is 3.00 bits per heavy atom. The third-order valence-corrected chi connectivity index (χ3v) is 3.62. The molecule has 2 rings (SSSR count). The van der Waals surface area contributed by atoms with Gasteiger partial charge in [0.2, 0.25) is 0 Å². The Hall–Kier alpha value is -0.450. The van der Waals surface area contributed by atoms with Gasteiger partial charge in [-0.2, -0.15) is 11.8 Å². The summed E-state index contributed by atoms with van der Waals surface area (Å²) >= 11 is 13.6. The minimum Gasteiger partial charge on any atom is -0.312 e. The van der Waals surface area contributed by atoms with Crippen molar-refractivity contribution in [1.82, 2.24) is 14.5 Å². The lowest BCUT2D eigenvalue weighted by Gasteiger charge is -2.05. The molecule has 0 aromatic carbocycles. The highest BCUT2D eigenvalue weighted by Gasteiger charge is 2.10. The Morgan fingerprint density at radius 1 is 1.47 bits per heavy atom. The quantitative estimate of drug-likeness (QED) is 0.623. The van der Waals surface area contributed by atoms with Crippen LogP contribution in [-0.4, -0.2) is 26.5 Å². The van der Waals surface area contributed by atoms with Crippen LogP contribution in [0.4, 0.5) is 0 Å². The van der Waals surface area contributed by atoms with Gasteiger partial charge in [-0.05, 0) is 24.5 Å². The molecule has 0 aliphatic rings. The highest BCUT2D eigenvalue weighted by atomic mass is 35.5. The molecule has 2 aromatic rings. The second-order valence-corrected chi connectivity index (χ2v) is 5.35. The second-order valence-electron chi connectivity index (χ2n) is 3.66. The van der Waals surface area contributed by atoms with Gasteiger partial charge in [-0.1, -0.05) is 11.6 Å². The molecule has 0 radical (unpaired) electrons. The molecule has 17 heavy (non-hydrogen) atoms. The van der Waals surface area contributed by atoms with Gasteiger partial charge >= 0.3 is 0 Å². The Kier molecular flexibility index (Phi) is 4.54. The van der Waals surface area contributed by atoms with Gasteiger partial charge in [0.15, 0.2) is 5.65 Å². The smallest absolute Gasteiger partial charge is 0.160 e. The summed E-state index contributed by atoms with van der Waals surface area (Å²) in [6.07, 6.45) is 4.84. The van der Waals surface area contributed by atoms with Crippen molar-refractivity contribution in [2.45, 2.75) is 18.8 Å². The van der Waals surface area contributed by atoms with E-state index >= 15 is 0 Å². The number of thioether (sulfide) groups is 1. The van der Waals surface area contributed by atoms with E-state index < -0.39 is 0 Å². The number of alkyl halides is 1. The number of fused-ring (bicyclic) bond motifs is 1. The molecule has 0 N–H and O–H groups in total. The van der Waals surface area contributed by atoms with E-state index in [-0.39, 0.29) is 0 Å². The van der Waals surface area contributed by atoms with E-state index in [4.69, 9.17) is 23.2 Å². The van der Waals surface area contributed by atoms with Crippen LogP contribution in [0.2, 0.25) is 5.02 Å². The van der Waals surface area contributed by atoms with Crippen molar-refractivity contribution in [3.05, 3.63) is 23.1 Å². The van der Waals surface area contributed by atoms with E-state index in [1.807, 2.05) is 17.8 Å². The summed E-state index contributed by atoms with van der Waals surface area (Å²) in [5, 5.41) is 0.604. The number of rotatable bonds is 5. The first-order valence-electron chi connectivity index (χ1n) is 5.32. The van der Waals surface area contributed by atoms with Gasteiger partial charge in [0.05, 0.1) is 10.9 Å². The monoisotopic (exact) mass is 289 g/mol. The number of aromatic nitrogens is 3. The number of hydrogen-bond donors (Lipinski definition) is 0. The highest BCUT2D eigenvalue weighted by Crippen LogP contribution is 2.19. The van der Waals surface area contributed by atoms with Gasteiger partial charge in [-0.15, -0.1) is 11.6 Å². The Morgan fingerprint density at radius 2 is 2.29 bits per heavy atom. The lowest BCUT2D eigenvalue weighted by atomic mass is 10.4. The van der Waals surface area contributed by atoms with Gasteiger partial charge in [-0.3, -0.25) is 0 Å². The maximum absolute atomic E-state index is 5.91. The Labute approximate surface area is 115 Å². The zero-order valence-corrected chi connectivity index (χ0v) is 11.8. The van der Waals surface area contributed by atoms with Crippen LogP contribution in [-0.2, 0) is 12.4 Å². The van der Waals surface area contributed by atoms with E-state index in [1.165, 1.54) is 0 Å². The molecule has 0 spiro atoms. The topological polar surface area (TPSA) is 30.7 Å². The molecule has 0 fully saturated rings. The van der Waals surface area contributed by atoms with Gasteiger partial charge in [0.1, 0.15) is 11.3 Å². The normalized spacial score (nSPS) is 11.2. The van der Waals surface area contributed by atoms with Crippen molar-refractivity contribution >= 4 is 46.1 Å². The summed E-state index contributed by atoms with van der Waals surface area (Å²) in [6.45, 7) is 0.897. The predicted molar refractivity (Wildman–Crippen MR) is 75.1 cm³/mol. The molecule has 0 amide bonds. The number of pyridine rings is 1. The van der Waals surface area contributed by atoms with Gasteiger partial charge < -0.3 is 4.57 Å². The van der Waals surface area contributed by atoms with E-state index in [0.29, 0.717) is 10.9 Å². The zero-order valence-electron chi connectivity index (χ0n) is 9.49. The first-order chi connectivity index (χ1) is 8.26. The second kappa shape index (κ2) is 5.94. The molecule has 2 heterocycles. The summed E-state index contributed by atoms with van der Waals surface area (Å²) in [4.78, 5) is 8.78. The molecular formula is C11H13Cl2N3S. The maximum atomic E-state index is 5.91. The van der Waals surface area contributed by atoms with Crippen LogP contribution in [0, 0.1) is 0 Å². The fraction of sp³-hybridized carbons (Fsp3) is 0.455. The van der Waals surface area contributed by atoms with Crippen LogP contribution in [0.3, 0.4) is 0 Å². The molecule has 92 valence electrons. The lowest BCUT2D eigenvalue weighted by molar-refractivity contribution is 0.671. The Bertz CT molecular complexity index is 513. The van der Waals surface area contributed by atoms with Crippen LogP contribution < -0.4 is 0 Å². The molecule has 0 atom stereocenters. The van der Waals surface area contributed by atoms with E-state index in [0.717, 1.165) is 35.7 Å². The molecular weight excluding hydrogens is 277 g/mol. The molecule has 0 aliphatic carbocycles. The van der Waals surface area contributed by atoms with Crippen LogP contribution in [0.5, 0.6) is 0 Å². The number of hydrogen-bond acceptors (Lipinski definition) is 3. The van der Waals surface area contributed by atoms with Crippen LogP contribution in [0.1, 0.15) is 12.2 Å². The maximum Gasteiger partial charge on any atom is 0.160 e. The number of nitrogens with zero attached hydrogens (tertiary/aromatic N) is 3. The van der Waals surface area contributed by atoms with Crippen molar-refractivity contribution in [2.75, 3.05) is 12.0 Å². The standard InChI is InChI=1S/C11H13Cl2N3S/c1-17-4-2-3-16-10(6-12)15-9-5-8(13)7-14-11(9)16/h5,7H,2-4,6H2,1H3. The Balaban J connectivity index is 2.36. The fourth-order valence-electron chi connectivity index (χ4n) is 1.74. The molecule has 6 heteroatoms. The van der Waals surface area contributed by atoms with Crippen molar-refractivity contribution < 1.29 is 0 Å². The predicted octanol–water partition coefficient (Wildman–Crippen LogP) is 3.58. The first-order valence-corrected chi connectivity index (χ1v) is 7.62. The fourth-order valence-corrected chi connectivity index (χ4v) is 2.51. The van der Waals surface area contributed by atoms with Crippen molar-refractivity contribution in [3.63, 3.8) is 0 Å². The molecule has 0 bridgehead atoms. The summed E-state index contributed by atoms with van der Waals surface area (Å²) in [5.74, 6) is 2.37. The van der Waals surface area contributed by atoms with Gasteiger partial charge in [0.25, 0.3) is 0 Å². The molecule has 2 aromatic heterocycles. The average molecular weight is 290 g/mol. The SMILES string of the molecule is CSCCCn1c(CCl)nc2cc(Cl)cnc21. The van der Waals surface area contributed by atoms with E-state index in [2.05, 4.69) is 20.8 Å². The molecule has 0 saturated heterocycles. The minimum atomic E-state index is 0.396. The first kappa shape index (κ1) is 13.0. The largest absolute Gasteiger partial charge is 0.312 e. The number of imidazole rings is 1. The van der Waals surface area contributed by atoms with Gasteiger partial charge in [0, 0.05) is 12.7 Å². The summed E-state index contributed by atoms with van der Waals surface area (Å²) in [7, 11) is 0. The third kappa shape index (κ3) is 2.87. The van der Waals surface area contributed by atoms with E-state index in [1.54, 1.807) is 6.20 Å². The molecule has 0 aliphatic heterocycles. The van der Waals surface area contributed by atoms with Crippen molar-refractivity contribution in [1.29, 1.82) is 0 Å². The summed E-state index contributed by atoms with van der Waals surface area (Å²) in [6, 6.07) is 1.82. The zero-order chi connectivity index (χ0) is 12.3. The molecule has 0 saturated carbocycles. The summed E-state index contributed by atoms with van der Waals surface area (Å²) < 4.78 is 2.08. The summed E-state index contributed by atoms with van der Waals surface area (Å²) in [5.41, 5.74) is 1.68. The van der Waals surface area contributed by atoms with Crippen LogP contribution >= 0.6 is 35.0 Å². The van der Waals surface area contributed by atoms with Crippen LogP contribution in [0.15, 0.2) is 12.3 Å². The number of aryl methyl sites for hydroxylation is 1. The van der Waals surface area contributed by atoms with Crippen molar-refractivity contribution in [3.8, 4) is 0 Å². The van der Waals surface area contributed by atoms with Crippen molar-refractivity contribution in [2.24, 2.45) is 0 Å². The molecule has 0 unspecified atom stereocenters. The van der Waals surface area contributed by atoms with Gasteiger partial charge in [-0.25, -0.2) is 9.97 Å². The third-order valence-electron chi connectivity index (χ3n) is 2.48. The number of halogens is 2. The van der Waals surface area contributed by atoms with Crippen LogP contribution in [0.25, 0.3) is 11.2 Å². The highest BCUT2D eigenvalue weighted by molar-refractivity contribution is 7.98. The molecule has 3 nitrogen and oxygen atoms in total. The minimum absolute atomic E-state index is 0.396. The van der Waals surface area contributed by atoms with E-state index in [9.17, 15) is 0 Å². The average Bonchev–Trinajstić information content (AvgIpc) is 2.67. The lowest BCUT2D eigenvalue weighted by Crippen LogP contribution is -2.04.